The minimum absolute atomic E-state index is 0.131. The summed E-state index contributed by atoms with van der Waals surface area (Å²) in [5.74, 6) is 3.35. The van der Waals surface area contributed by atoms with E-state index >= 15 is 0 Å². The first-order valence-electron chi connectivity index (χ1n) is 10.2. The van der Waals surface area contributed by atoms with Crippen molar-refractivity contribution >= 4 is 17.5 Å². The van der Waals surface area contributed by atoms with E-state index in [4.69, 9.17) is 9.47 Å². The molecule has 8 heteroatoms. The quantitative estimate of drug-likeness (QED) is 0.738. The van der Waals surface area contributed by atoms with Crippen LogP contribution in [-0.2, 0) is 11.2 Å². The summed E-state index contributed by atoms with van der Waals surface area (Å²) in [5, 5.41) is 8.76. The van der Waals surface area contributed by atoms with E-state index in [1.165, 1.54) is 0 Å². The van der Waals surface area contributed by atoms with Gasteiger partial charge in [-0.05, 0) is 43.7 Å². The fraction of sp³-hybridized carbons (Fsp3) is 0.476. The molecular formula is C21H27N5O3. The highest BCUT2D eigenvalue weighted by Gasteiger charge is 2.23. The molecule has 0 unspecified atom stereocenters. The highest BCUT2D eigenvalue weighted by atomic mass is 16.7. The normalized spacial score (nSPS) is 15.5. The van der Waals surface area contributed by atoms with E-state index in [1.54, 1.807) is 0 Å². The minimum atomic E-state index is 0.131. The van der Waals surface area contributed by atoms with Gasteiger partial charge in [0.1, 0.15) is 0 Å². The van der Waals surface area contributed by atoms with Gasteiger partial charge in [0.15, 0.2) is 23.1 Å². The zero-order valence-corrected chi connectivity index (χ0v) is 17.0. The Labute approximate surface area is 171 Å². The molecule has 1 aromatic carbocycles. The standard InChI is InChI=1S/C21H27N5O3/c1-3-24(4-2)19-7-8-20(23-22-19)25-9-11-26(12-10-25)21(27)14-16-5-6-17-18(13-16)29-15-28-17/h5-8,13H,3-4,9-12,14-15H2,1-2H3. The van der Waals surface area contributed by atoms with Gasteiger partial charge in [-0.1, -0.05) is 6.07 Å². The van der Waals surface area contributed by atoms with Crippen LogP contribution < -0.4 is 19.3 Å². The van der Waals surface area contributed by atoms with Crippen molar-refractivity contribution in [2.45, 2.75) is 20.3 Å². The number of piperazine rings is 1. The molecule has 0 atom stereocenters. The topological polar surface area (TPSA) is 71.0 Å². The van der Waals surface area contributed by atoms with Gasteiger partial charge in [-0.15, -0.1) is 10.2 Å². The average molecular weight is 397 g/mol. The molecule has 0 radical (unpaired) electrons. The number of fused-ring (bicyclic) bond motifs is 1. The highest BCUT2D eigenvalue weighted by molar-refractivity contribution is 5.79. The Morgan fingerprint density at radius 3 is 2.45 bits per heavy atom. The second kappa shape index (κ2) is 8.55. The van der Waals surface area contributed by atoms with Crippen molar-refractivity contribution in [2.24, 2.45) is 0 Å². The molecule has 1 amide bonds. The summed E-state index contributed by atoms with van der Waals surface area (Å²) in [7, 11) is 0. The zero-order valence-electron chi connectivity index (χ0n) is 17.0. The van der Waals surface area contributed by atoms with Crippen molar-refractivity contribution in [1.82, 2.24) is 15.1 Å². The molecule has 0 spiro atoms. The van der Waals surface area contributed by atoms with Crippen molar-refractivity contribution < 1.29 is 14.3 Å². The van der Waals surface area contributed by atoms with Gasteiger partial charge in [-0.2, -0.15) is 0 Å². The summed E-state index contributed by atoms with van der Waals surface area (Å²) in [6.45, 7) is 9.17. The van der Waals surface area contributed by atoms with Gasteiger partial charge in [0.05, 0.1) is 6.42 Å². The number of hydrogen-bond donors (Lipinski definition) is 0. The van der Waals surface area contributed by atoms with Gasteiger partial charge in [0, 0.05) is 39.3 Å². The van der Waals surface area contributed by atoms with Crippen LogP contribution in [0.15, 0.2) is 30.3 Å². The molecule has 3 heterocycles. The van der Waals surface area contributed by atoms with Crippen LogP contribution in [-0.4, -0.2) is 67.1 Å². The number of rotatable bonds is 6. The molecule has 1 saturated heterocycles. The van der Waals surface area contributed by atoms with Crippen LogP contribution in [0.2, 0.25) is 0 Å². The van der Waals surface area contributed by atoms with Gasteiger partial charge >= 0.3 is 0 Å². The molecule has 2 aliphatic heterocycles. The summed E-state index contributed by atoms with van der Waals surface area (Å²) in [5.41, 5.74) is 0.944. The van der Waals surface area contributed by atoms with E-state index in [0.717, 1.165) is 49.1 Å². The summed E-state index contributed by atoms with van der Waals surface area (Å²) in [6, 6.07) is 9.72. The van der Waals surface area contributed by atoms with Crippen LogP contribution in [0.1, 0.15) is 19.4 Å². The third-order valence-electron chi connectivity index (χ3n) is 5.47. The number of amides is 1. The van der Waals surface area contributed by atoms with Crippen LogP contribution in [0.3, 0.4) is 0 Å². The summed E-state index contributed by atoms with van der Waals surface area (Å²) in [6.07, 6.45) is 0.370. The van der Waals surface area contributed by atoms with E-state index in [0.29, 0.717) is 25.3 Å². The van der Waals surface area contributed by atoms with Crippen molar-refractivity contribution in [3.63, 3.8) is 0 Å². The molecule has 4 rings (SSSR count). The van der Waals surface area contributed by atoms with E-state index in [1.807, 2.05) is 35.2 Å². The Morgan fingerprint density at radius 2 is 1.76 bits per heavy atom. The maximum absolute atomic E-state index is 12.7. The van der Waals surface area contributed by atoms with Gasteiger partial charge in [0.2, 0.25) is 12.7 Å². The van der Waals surface area contributed by atoms with E-state index < -0.39 is 0 Å². The Morgan fingerprint density at radius 1 is 1.00 bits per heavy atom. The third-order valence-corrected chi connectivity index (χ3v) is 5.47. The molecule has 0 bridgehead atoms. The van der Waals surface area contributed by atoms with Crippen molar-refractivity contribution in [3.8, 4) is 11.5 Å². The van der Waals surface area contributed by atoms with E-state index in [2.05, 4.69) is 33.8 Å². The highest BCUT2D eigenvalue weighted by Crippen LogP contribution is 2.32. The molecule has 1 fully saturated rings. The molecule has 154 valence electrons. The molecule has 0 N–H and O–H groups in total. The first-order chi connectivity index (χ1) is 14.2. The van der Waals surface area contributed by atoms with Gasteiger partial charge in [-0.25, -0.2) is 0 Å². The molecule has 29 heavy (non-hydrogen) atoms. The maximum Gasteiger partial charge on any atom is 0.231 e. The predicted octanol–water partition coefficient (Wildman–Crippen LogP) is 1.94. The minimum Gasteiger partial charge on any atom is -0.454 e. The van der Waals surface area contributed by atoms with Crippen LogP contribution in [0.5, 0.6) is 11.5 Å². The summed E-state index contributed by atoms with van der Waals surface area (Å²) < 4.78 is 10.7. The van der Waals surface area contributed by atoms with Crippen LogP contribution in [0.25, 0.3) is 0 Å². The Hall–Kier alpha value is -3.03. The van der Waals surface area contributed by atoms with Crippen LogP contribution in [0, 0.1) is 0 Å². The average Bonchev–Trinajstić information content (AvgIpc) is 3.23. The SMILES string of the molecule is CCN(CC)c1ccc(N2CCN(C(=O)Cc3ccc4c(c3)OCO4)CC2)nn1. The van der Waals surface area contributed by atoms with Gasteiger partial charge in [-0.3, -0.25) is 4.79 Å². The smallest absolute Gasteiger partial charge is 0.231 e. The second-order valence-electron chi connectivity index (χ2n) is 7.15. The number of hydrogen-bond acceptors (Lipinski definition) is 7. The lowest BCUT2D eigenvalue weighted by Gasteiger charge is -2.35. The number of anilines is 2. The fourth-order valence-electron chi connectivity index (χ4n) is 3.73. The molecule has 2 aromatic rings. The first kappa shape index (κ1) is 19.3. The maximum atomic E-state index is 12.7. The largest absolute Gasteiger partial charge is 0.454 e. The molecular weight excluding hydrogens is 370 g/mol. The summed E-state index contributed by atoms with van der Waals surface area (Å²) in [4.78, 5) is 19.0. The Balaban J connectivity index is 1.31. The molecule has 0 aliphatic carbocycles. The van der Waals surface area contributed by atoms with Gasteiger partial charge < -0.3 is 24.2 Å². The Bertz CT molecular complexity index is 846. The third kappa shape index (κ3) is 4.21. The fourth-order valence-corrected chi connectivity index (χ4v) is 3.73. The van der Waals surface area contributed by atoms with Crippen molar-refractivity contribution in [3.05, 3.63) is 35.9 Å². The lowest BCUT2D eigenvalue weighted by Crippen LogP contribution is -2.49. The number of benzene rings is 1. The molecule has 2 aliphatic rings. The van der Waals surface area contributed by atoms with E-state index in [9.17, 15) is 4.79 Å². The lowest BCUT2D eigenvalue weighted by atomic mass is 10.1. The van der Waals surface area contributed by atoms with Crippen molar-refractivity contribution in [1.29, 1.82) is 0 Å². The lowest BCUT2D eigenvalue weighted by molar-refractivity contribution is -0.130. The van der Waals surface area contributed by atoms with Crippen LogP contribution >= 0.6 is 0 Å². The van der Waals surface area contributed by atoms with E-state index in [-0.39, 0.29) is 12.7 Å². The predicted molar refractivity (Wildman–Crippen MR) is 111 cm³/mol. The molecule has 0 saturated carbocycles. The van der Waals surface area contributed by atoms with Crippen molar-refractivity contribution in [2.75, 3.05) is 55.9 Å². The van der Waals surface area contributed by atoms with Crippen LogP contribution in [0.4, 0.5) is 11.6 Å². The first-order valence-corrected chi connectivity index (χ1v) is 10.2. The number of ether oxygens (including phenoxy) is 2. The number of carbonyl (C=O) groups excluding carboxylic acids is 1. The molecule has 1 aromatic heterocycles. The number of nitrogens with zero attached hydrogens (tertiary/aromatic N) is 5. The zero-order chi connectivity index (χ0) is 20.2. The number of aromatic nitrogens is 2. The monoisotopic (exact) mass is 397 g/mol. The number of carbonyl (C=O) groups is 1. The summed E-state index contributed by atoms with van der Waals surface area (Å²) >= 11 is 0. The second-order valence-corrected chi connectivity index (χ2v) is 7.15. The molecule has 8 nitrogen and oxygen atoms in total. The Kier molecular flexibility index (Phi) is 5.69. The van der Waals surface area contributed by atoms with Gasteiger partial charge in [0.25, 0.3) is 0 Å².